The van der Waals surface area contributed by atoms with Crippen molar-refractivity contribution in [3.05, 3.63) is 0 Å². The molecule has 1 aliphatic carbocycles. The van der Waals surface area contributed by atoms with Gasteiger partial charge in [0.15, 0.2) is 0 Å². The highest BCUT2D eigenvalue weighted by molar-refractivity contribution is 4.95. The predicted molar refractivity (Wildman–Crippen MR) is 59.7 cm³/mol. The Kier molecular flexibility index (Phi) is 3.33. The zero-order valence-corrected chi connectivity index (χ0v) is 9.87. The van der Waals surface area contributed by atoms with Gasteiger partial charge in [-0.25, -0.2) is 0 Å². The Morgan fingerprint density at radius 3 is 2.73 bits per heavy atom. The van der Waals surface area contributed by atoms with Crippen molar-refractivity contribution in [2.24, 2.45) is 11.1 Å². The average molecular weight is 213 g/mol. The van der Waals surface area contributed by atoms with E-state index in [1.54, 1.807) is 0 Å². The quantitative estimate of drug-likeness (QED) is 0.776. The van der Waals surface area contributed by atoms with Crippen molar-refractivity contribution in [1.29, 1.82) is 0 Å². The molecule has 0 aromatic carbocycles. The second-order valence-corrected chi connectivity index (χ2v) is 5.56. The van der Waals surface area contributed by atoms with Crippen molar-refractivity contribution < 1.29 is 9.47 Å². The van der Waals surface area contributed by atoms with Gasteiger partial charge in [-0.05, 0) is 31.1 Å². The van der Waals surface area contributed by atoms with Crippen molar-refractivity contribution >= 4 is 0 Å². The molecule has 3 nitrogen and oxygen atoms in total. The Morgan fingerprint density at radius 2 is 2.20 bits per heavy atom. The van der Waals surface area contributed by atoms with Crippen LogP contribution in [-0.4, -0.2) is 31.5 Å². The second-order valence-electron chi connectivity index (χ2n) is 5.56. The lowest BCUT2D eigenvalue weighted by Gasteiger charge is -2.27. The SMILES string of the molecule is CC1(C)CCC(OCC2CCCO2)C1N. The summed E-state index contributed by atoms with van der Waals surface area (Å²) < 4.78 is 11.4. The van der Waals surface area contributed by atoms with Gasteiger partial charge in [0.1, 0.15) is 0 Å². The molecule has 0 aromatic rings. The monoisotopic (exact) mass is 213 g/mol. The van der Waals surface area contributed by atoms with Crippen molar-refractivity contribution in [3.8, 4) is 0 Å². The van der Waals surface area contributed by atoms with E-state index in [-0.39, 0.29) is 17.6 Å². The van der Waals surface area contributed by atoms with E-state index in [0.717, 1.165) is 26.1 Å². The van der Waals surface area contributed by atoms with Crippen LogP contribution in [0.1, 0.15) is 39.5 Å². The first-order chi connectivity index (χ1) is 7.09. The van der Waals surface area contributed by atoms with Gasteiger partial charge in [0.05, 0.1) is 18.8 Å². The van der Waals surface area contributed by atoms with E-state index in [2.05, 4.69) is 13.8 Å². The molecule has 15 heavy (non-hydrogen) atoms. The Bertz CT molecular complexity index is 212. The van der Waals surface area contributed by atoms with Gasteiger partial charge in [-0.2, -0.15) is 0 Å². The average Bonchev–Trinajstić information content (AvgIpc) is 2.76. The molecule has 1 saturated heterocycles. The first kappa shape index (κ1) is 11.4. The van der Waals surface area contributed by atoms with Crippen LogP contribution in [0.2, 0.25) is 0 Å². The third-order valence-corrected chi connectivity index (χ3v) is 3.90. The molecular weight excluding hydrogens is 190 g/mol. The van der Waals surface area contributed by atoms with Gasteiger partial charge in [-0.3, -0.25) is 0 Å². The number of ether oxygens (including phenoxy) is 2. The summed E-state index contributed by atoms with van der Waals surface area (Å²) in [7, 11) is 0. The molecule has 2 aliphatic rings. The molecule has 0 spiro atoms. The van der Waals surface area contributed by atoms with Crippen LogP contribution in [-0.2, 0) is 9.47 Å². The molecule has 3 unspecified atom stereocenters. The molecule has 3 heteroatoms. The van der Waals surface area contributed by atoms with Crippen LogP contribution < -0.4 is 5.73 Å². The van der Waals surface area contributed by atoms with E-state index in [4.69, 9.17) is 15.2 Å². The fourth-order valence-electron chi connectivity index (χ4n) is 2.56. The topological polar surface area (TPSA) is 44.5 Å². The summed E-state index contributed by atoms with van der Waals surface area (Å²) >= 11 is 0. The van der Waals surface area contributed by atoms with Gasteiger partial charge in [0.2, 0.25) is 0 Å². The van der Waals surface area contributed by atoms with E-state index in [1.165, 1.54) is 12.8 Å². The molecule has 2 fully saturated rings. The smallest absolute Gasteiger partial charge is 0.0809 e. The van der Waals surface area contributed by atoms with Crippen LogP contribution in [0.4, 0.5) is 0 Å². The Labute approximate surface area is 92.3 Å². The lowest BCUT2D eigenvalue weighted by atomic mass is 9.88. The van der Waals surface area contributed by atoms with Gasteiger partial charge in [0.25, 0.3) is 0 Å². The highest BCUT2D eigenvalue weighted by Gasteiger charge is 2.40. The summed E-state index contributed by atoms with van der Waals surface area (Å²) in [6.07, 6.45) is 5.15. The molecule has 88 valence electrons. The van der Waals surface area contributed by atoms with Gasteiger partial charge < -0.3 is 15.2 Å². The van der Waals surface area contributed by atoms with Crippen molar-refractivity contribution in [1.82, 2.24) is 0 Å². The minimum absolute atomic E-state index is 0.180. The lowest BCUT2D eigenvalue weighted by Crippen LogP contribution is -2.41. The first-order valence-electron chi connectivity index (χ1n) is 6.08. The van der Waals surface area contributed by atoms with Crippen molar-refractivity contribution in [2.75, 3.05) is 13.2 Å². The highest BCUT2D eigenvalue weighted by Crippen LogP contribution is 2.37. The van der Waals surface area contributed by atoms with E-state index in [1.807, 2.05) is 0 Å². The molecule has 0 amide bonds. The zero-order valence-electron chi connectivity index (χ0n) is 9.87. The van der Waals surface area contributed by atoms with Crippen LogP contribution >= 0.6 is 0 Å². The van der Waals surface area contributed by atoms with E-state index in [9.17, 15) is 0 Å². The molecule has 0 aromatic heterocycles. The highest BCUT2D eigenvalue weighted by atomic mass is 16.5. The summed E-state index contributed by atoms with van der Waals surface area (Å²) in [4.78, 5) is 0. The molecule has 2 rings (SSSR count). The van der Waals surface area contributed by atoms with E-state index < -0.39 is 0 Å². The fraction of sp³-hybridized carbons (Fsp3) is 1.00. The minimum atomic E-state index is 0.180. The minimum Gasteiger partial charge on any atom is -0.376 e. The van der Waals surface area contributed by atoms with Crippen LogP contribution in [0.5, 0.6) is 0 Å². The molecule has 0 radical (unpaired) electrons. The molecule has 2 N–H and O–H groups in total. The van der Waals surface area contributed by atoms with E-state index in [0.29, 0.717) is 6.10 Å². The summed E-state index contributed by atoms with van der Waals surface area (Å²) in [6.45, 7) is 6.09. The van der Waals surface area contributed by atoms with Crippen LogP contribution in [0.15, 0.2) is 0 Å². The third kappa shape index (κ3) is 2.52. The summed E-state index contributed by atoms with van der Waals surface area (Å²) in [5.74, 6) is 0. The number of rotatable bonds is 3. The maximum Gasteiger partial charge on any atom is 0.0809 e. The van der Waals surface area contributed by atoms with Crippen molar-refractivity contribution in [3.63, 3.8) is 0 Å². The third-order valence-electron chi connectivity index (χ3n) is 3.90. The van der Waals surface area contributed by atoms with Crippen LogP contribution in [0.25, 0.3) is 0 Å². The standard InChI is InChI=1S/C12H23NO2/c1-12(2)6-5-10(11(12)13)15-8-9-4-3-7-14-9/h9-11H,3-8,13H2,1-2H3. The largest absolute Gasteiger partial charge is 0.376 e. The van der Waals surface area contributed by atoms with Crippen LogP contribution in [0, 0.1) is 5.41 Å². The number of hydrogen-bond acceptors (Lipinski definition) is 3. The summed E-state index contributed by atoms with van der Waals surface area (Å²) in [6, 6.07) is 0.180. The normalized spacial score (nSPS) is 39.8. The van der Waals surface area contributed by atoms with Gasteiger partial charge in [-0.1, -0.05) is 13.8 Å². The number of nitrogens with two attached hydrogens (primary N) is 1. The second kappa shape index (κ2) is 4.40. The van der Waals surface area contributed by atoms with Gasteiger partial charge in [-0.15, -0.1) is 0 Å². The zero-order chi connectivity index (χ0) is 10.9. The van der Waals surface area contributed by atoms with E-state index >= 15 is 0 Å². The Morgan fingerprint density at radius 1 is 1.40 bits per heavy atom. The fourth-order valence-corrected chi connectivity index (χ4v) is 2.56. The maximum atomic E-state index is 6.18. The molecule has 1 saturated carbocycles. The van der Waals surface area contributed by atoms with Gasteiger partial charge in [0, 0.05) is 12.6 Å². The first-order valence-corrected chi connectivity index (χ1v) is 6.08. The number of hydrogen-bond donors (Lipinski definition) is 1. The molecule has 1 aliphatic heterocycles. The van der Waals surface area contributed by atoms with Crippen molar-refractivity contribution in [2.45, 2.75) is 57.8 Å². The Balaban J connectivity index is 1.75. The lowest BCUT2D eigenvalue weighted by molar-refractivity contribution is -0.0271. The van der Waals surface area contributed by atoms with Crippen LogP contribution in [0.3, 0.4) is 0 Å². The maximum absolute atomic E-state index is 6.18. The molecule has 0 bridgehead atoms. The summed E-state index contributed by atoms with van der Waals surface area (Å²) in [5, 5.41) is 0. The predicted octanol–water partition coefficient (Wildman–Crippen LogP) is 1.70. The molecule has 3 atom stereocenters. The molecule has 1 heterocycles. The van der Waals surface area contributed by atoms with Gasteiger partial charge >= 0.3 is 0 Å². The molecular formula is C12H23NO2. The summed E-state index contributed by atoms with van der Waals surface area (Å²) in [5.41, 5.74) is 6.41. The Hall–Kier alpha value is -0.120.